The second-order valence-electron chi connectivity index (χ2n) is 5.14. The van der Waals surface area contributed by atoms with Crippen molar-refractivity contribution < 1.29 is 18.7 Å². The summed E-state index contributed by atoms with van der Waals surface area (Å²) in [5.41, 5.74) is 1.09. The summed E-state index contributed by atoms with van der Waals surface area (Å²) >= 11 is 0. The molecule has 0 aliphatic carbocycles. The summed E-state index contributed by atoms with van der Waals surface area (Å²) in [7, 11) is 1.61. The zero-order valence-electron chi connectivity index (χ0n) is 13.7. The molecule has 23 heavy (non-hydrogen) atoms. The van der Waals surface area contributed by atoms with Gasteiger partial charge in [0.15, 0.2) is 6.61 Å². The number of carbonyl (C=O) groups is 1. The van der Waals surface area contributed by atoms with Crippen LogP contribution in [0.3, 0.4) is 0 Å². The number of benzene rings is 1. The first-order chi connectivity index (χ1) is 11.2. The van der Waals surface area contributed by atoms with Crippen LogP contribution in [0.4, 0.5) is 0 Å². The lowest BCUT2D eigenvalue weighted by molar-refractivity contribution is -0.134. The standard InChI is InChI=1S/C18H23NO4/c1-3-15-7-4-5-9-17(15)23-14-18(20)19(10-12-21-2)13-16-8-6-11-22-16/h4-9,11H,3,10,12-14H2,1-2H3. The van der Waals surface area contributed by atoms with Crippen molar-refractivity contribution in [2.75, 3.05) is 26.9 Å². The molecule has 0 radical (unpaired) electrons. The molecule has 0 saturated carbocycles. The molecule has 0 bridgehead atoms. The number of hydrogen-bond acceptors (Lipinski definition) is 4. The van der Waals surface area contributed by atoms with Gasteiger partial charge in [0.05, 0.1) is 19.4 Å². The quantitative estimate of drug-likeness (QED) is 0.713. The number of para-hydroxylation sites is 1. The highest BCUT2D eigenvalue weighted by atomic mass is 16.5. The molecule has 0 aliphatic rings. The van der Waals surface area contributed by atoms with Gasteiger partial charge in [-0.1, -0.05) is 25.1 Å². The van der Waals surface area contributed by atoms with Crippen LogP contribution in [-0.2, 0) is 22.5 Å². The van der Waals surface area contributed by atoms with Gasteiger partial charge in [0.1, 0.15) is 11.5 Å². The Morgan fingerprint density at radius 2 is 2.04 bits per heavy atom. The molecular weight excluding hydrogens is 294 g/mol. The third kappa shape index (κ3) is 5.14. The van der Waals surface area contributed by atoms with E-state index in [-0.39, 0.29) is 12.5 Å². The van der Waals surface area contributed by atoms with Gasteiger partial charge in [-0.25, -0.2) is 0 Å². The summed E-state index contributed by atoms with van der Waals surface area (Å²) in [6.07, 6.45) is 2.46. The summed E-state index contributed by atoms with van der Waals surface area (Å²) in [4.78, 5) is 14.1. The molecule has 0 atom stereocenters. The van der Waals surface area contributed by atoms with E-state index in [9.17, 15) is 4.79 Å². The van der Waals surface area contributed by atoms with Crippen molar-refractivity contribution in [3.8, 4) is 5.75 Å². The van der Waals surface area contributed by atoms with Gasteiger partial charge in [0.25, 0.3) is 5.91 Å². The number of hydrogen-bond donors (Lipinski definition) is 0. The van der Waals surface area contributed by atoms with Gasteiger partial charge in [0, 0.05) is 13.7 Å². The molecule has 0 aliphatic heterocycles. The average molecular weight is 317 g/mol. The molecule has 0 N–H and O–H groups in total. The number of nitrogens with zero attached hydrogens (tertiary/aromatic N) is 1. The molecule has 0 spiro atoms. The molecule has 124 valence electrons. The Kier molecular flexibility index (Phi) is 6.69. The van der Waals surface area contributed by atoms with Crippen molar-refractivity contribution >= 4 is 5.91 Å². The molecule has 2 rings (SSSR count). The Hall–Kier alpha value is -2.27. The third-order valence-corrected chi connectivity index (χ3v) is 3.55. The molecule has 0 unspecified atom stereocenters. The number of furan rings is 1. The lowest BCUT2D eigenvalue weighted by Gasteiger charge is -2.21. The van der Waals surface area contributed by atoms with E-state index in [0.717, 1.165) is 23.5 Å². The zero-order valence-corrected chi connectivity index (χ0v) is 13.7. The maximum Gasteiger partial charge on any atom is 0.260 e. The molecular formula is C18H23NO4. The summed E-state index contributed by atoms with van der Waals surface area (Å²) < 4.78 is 16.1. The van der Waals surface area contributed by atoms with Crippen molar-refractivity contribution in [3.63, 3.8) is 0 Å². The topological polar surface area (TPSA) is 51.9 Å². The number of aryl methyl sites for hydroxylation is 1. The lowest BCUT2D eigenvalue weighted by atomic mass is 10.1. The third-order valence-electron chi connectivity index (χ3n) is 3.55. The average Bonchev–Trinajstić information content (AvgIpc) is 3.09. The van der Waals surface area contributed by atoms with Crippen LogP contribution in [-0.4, -0.2) is 37.7 Å². The fourth-order valence-corrected chi connectivity index (χ4v) is 2.25. The predicted octanol–water partition coefficient (Wildman–Crippen LogP) is 2.90. The van der Waals surface area contributed by atoms with Crippen LogP contribution >= 0.6 is 0 Å². The van der Waals surface area contributed by atoms with Gasteiger partial charge in [0.2, 0.25) is 0 Å². The SMILES string of the molecule is CCc1ccccc1OCC(=O)N(CCOC)Cc1ccco1. The monoisotopic (exact) mass is 317 g/mol. The molecule has 0 saturated heterocycles. The smallest absolute Gasteiger partial charge is 0.260 e. The fourth-order valence-electron chi connectivity index (χ4n) is 2.25. The lowest BCUT2D eigenvalue weighted by Crippen LogP contribution is -2.36. The fraction of sp³-hybridized carbons (Fsp3) is 0.389. The van der Waals surface area contributed by atoms with Crippen LogP contribution in [0.15, 0.2) is 47.1 Å². The Balaban J connectivity index is 1.96. The van der Waals surface area contributed by atoms with Gasteiger partial charge in [-0.05, 0) is 30.2 Å². The van der Waals surface area contributed by atoms with Crippen molar-refractivity contribution in [2.45, 2.75) is 19.9 Å². The number of amides is 1. The van der Waals surface area contributed by atoms with E-state index in [1.165, 1.54) is 0 Å². The van der Waals surface area contributed by atoms with E-state index in [2.05, 4.69) is 6.92 Å². The summed E-state index contributed by atoms with van der Waals surface area (Å²) in [6, 6.07) is 11.4. The Morgan fingerprint density at radius 3 is 2.74 bits per heavy atom. The first-order valence-corrected chi connectivity index (χ1v) is 7.74. The Morgan fingerprint density at radius 1 is 1.22 bits per heavy atom. The van der Waals surface area contributed by atoms with E-state index in [0.29, 0.717) is 19.7 Å². The number of rotatable bonds is 9. The molecule has 1 aromatic carbocycles. The first kappa shape index (κ1) is 17.1. The first-order valence-electron chi connectivity index (χ1n) is 7.74. The van der Waals surface area contributed by atoms with Crippen LogP contribution in [0.2, 0.25) is 0 Å². The van der Waals surface area contributed by atoms with Crippen LogP contribution in [0, 0.1) is 0 Å². The number of ether oxygens (including phenoxy) is 2. The highest BCUT2D eigenvalue weighted by molar-refractivity contribution is 5.77. The molecule has 0 fully saturated rings. The molecule has 2 aromatic rings. The van der Waals surface area contributed by atoms with Gasteiger partial charge in [-0.2, -0.15) is 0 Å². The van der Waals surface area contributed by atoms with Gasteiger partial charge in [-0.15, -0.1) is 0 Å². The van der Waals surface area contributed by atoms with Crippen LogP contribution in [0.5, 0.6) is 5.75 Å². The maximum atomic E-state index is 12.5. The molecule has 1 heterocycles. The highest BCUT2D eigenvalue weighted by Gasteiger charge is 2.16. The number of methoxy groups -OCH3 is 1. The zero-order chi connectivity index (χ0) is 16.5. The van der Waals surface area contributed by atoms with Crippen molar-refractivity contribution in [1.82, 2.24) is 4.90 Å². The van der Waals surface area contributed by atoms with E-state index >= 15 is 0 Å². The molecule has 5 nitrogen and oxygen atoms in total. The summed E-state index contributed by atoms with van der Waals surface area (Å²) in [6.45, 7) is 3.44. The summed E-state index contributed by atoms with van der Waals surface area (Å²) in [5, 5.41) is 0. The van der Waals surface area contributed by atoms with E-state index < -0.39 is 0 Å². The van der Waals surface area contributed by atoms with Crippen LogP contribution < -0.4 is 4.74 Å². The van der Waals surface area contributed by atoms with E-state index in [4.69, 9.17) is 13.9 Å². The van der Waals surface area contributed by atoms with Crippen molar-refractivity contribution in [1.29, 1.82) is 0 Å². The van der Waals surface area contributed by atoms with Crippen LogP contribution in [0.25, 0.3) is 0 Å². The molecule has 1 amide bonds. The van der Waals surface area contributed by atoms with Crippen molar-refractivity contribution in [3.05, 3.63) is 54.0 Å². The molecule has 1 aromatic heterocycles. The maximum absolute atomic E-state index is 12.5. The summed E-state index contributed by atoms with van der Waals surface area (Å²) in [5.74, 6) is 1.40. The second-order valence-corrected chi connectivity index (χ2v) is 5.14. The van der Waals surface area contributed by atoms with Crippen LogP contribution in [0.1, 0.15) is 18.2 Å². The predicted molar refractivity (Wildman–Crippen MR) is 87.3 cm³/mol. The largest absolute Gasteiger partial charge is 0.483 e. The molecule has 5 heteroatoms. The van der Waals surface area contributed by atoms with E-state index in [1.807, 2.05) is 36.4 Å². The van der Waals surface area contributed by atoms with Gasteiger partial charge >= 0.3 is 0 Å². The highest BCUT2D eigenvalue weighted by Crippen LogP contribution is 2.18. The minimum absolute atomic E-state index is 0.00142. The minimum Gasteiger partial charge on any atom is -0.483 e. The minimum atomic E-state index is -0.0932. The number of carbonyl (C=O) groups excluding carboxylic acids is 1. The normalized spacial score (nSPS) is 10.5. The van der Waals surface area contributed by atoms with Crippen molar-refractivity contribution in [2.24, 2.45) is 0 Å². The van der Waals surface area contributed by atoms with E-state index in [1.54, 1.807) is 18.3 Å². The van der Waals surface area contributed by atoms with Gasteiger partial charge in [-0.3, -0.25) is 4.79 Å². The second kappa shape index (κ2) is 9.00. The Labute approximate surface area is 136 Å². The van der Waals surface area contributed by atoms with Gasteiger partial charge < -0.3 is 18.8 Å². The Bertz CT molecular complexity index is 595.